The third-order valence-corrected chi connectivity index (χ3v) is 2.95. The number of hydrogen-bond acceptors (Lipinski definition) is 4. The number of hydrazone groups is 1. The van der Waals surface area contributed by atoms with Crippen LogP contribution in [0.4, 0.5) is 4.79 Å². The zero-order valence-corrected chi connectivity index (χ0v) is 10.3. The number of nitrogens with zero attached hydrogens (tertiary/aromatic N) is 3. The molecular formula is C12H14N4O2. The van der Waals surface area contributed by atoms with E-state index in [4.69, 9.17) is 0 Å². The van der Waals surface area contributed by atoms with E-state index in [1.54, 1.807) is 31.5 Å². The molecule has 1 atom stereocenters. The fourth-order valence-corrected chi connectivity index (χ4v) is 1.59. The summed E-state index contributed by atoms with van der Waals surface area (Å²) in [5.41, 5.74) is -0.133. The number of carbonyl (C=O) groups excluding carboxylic acids is 2. The number of pyridine rings is 1. The standard InChI is InChI=1S/C12H14N4O2/c1-3-12(2)10(17)16(11(18)15-12)14-8-9-5-4-6-13-7-9/h4-8H,3H2,1-2H3,(H,15,18). The van der Waals surface area contributed by atoms with Crippen molar-refractivity contribution in [1.82, 2.24) is 15.3 Å². The Balaban J connectivity index is 2.18. The van der Waals surface area contributed by atoms with Crippen LogP contribution in [0, 0.1) is 0 Å². The number of urea groups is 1. The van der Waals surface area contributed by atoms with Crippen molar-refractivity contribution >= 4 is 18.2 Å². The van der Waals surface area contributed by atoms with Crippen molar-refractivity contribution < 1.29 is 9.59 Å². The van der Waals surface area contributed by atoms with Crippen LogP contribution in [0.5, 0.6) is 0 Å². The number of imide groups is 1. The molecule has 1 unspecified atom stereocenters. The van der Waals surface area contributed by atoms with Gasteiger partial charge in [0.05, 0.1) is 6.21 Å². The van der Waals surface area contributed by atoms with Crippen molar-refractivity contribution in [3.8, 4) is 0 Å². The van der Waals surface area contributed by atoms with Gasteiger partial charge in [0.15, 0.2) is 0 Å². The first kappa shape index (κ1) is 12.2. The maximum Gasteiger partial charge on any atom is 0.346 e. The number of rotatable bonds is 3. The second-order valence-electron chi connectivity index (χ2n) is 4.26. The minimum Gasteiger partial charge on any atom is -0.322 e. The van der Waals surface area contributed by atoms with Gasteiger partial charge in [-0.15, -0.1) is 5.01 Å². The third-order valence-electron chi connectivity index (χ3n) is 2.95. The molecule has 94 valence electrons. The Kier molecular flexibility index (Phi) is 3.10. The summed E-state index contributed by atoms with van der Waals surface area (Å²) in [6.07, 6.45) is 5.20. The highest BCUT2D eigenvalue weighted by atomic mass is 16.2. The molecule has 0 saturated carbocycles. The van der Waals surface area contributed by atoms with Gasteiger partial charge in [-0.2, -0.15) is 5.10 Å². The first-order chi connectivity index (χ1) is 8.57. The van der Waals surface area contributed by atoms with Crippen LogP contribution in [0.25, 0.3) is 0 Å². The van der Waals surface area contributed by atoms with Gasteiger partial charge in [-0.05, 0) is 19.4 Å². The number of amides is 3. The molecule has 0 aliphatic carbocycles. The van der Waals surface area contributed by atoms with Gasteiger partial charge in [0.1, 0.15) is 5.54 Å². The first-order valence-corrected chi connectivity index (χ1v) is 5.67. The van der Waals surface area contributed by atoms with Gasteiger partial charge in [0.25, 0.3) is 5.91 Å². The van der Waals surface area contributed by atoms with Crippen molar-refractivity contribution in [2.75, 3.05) is 0 Å². The largest absolute Gasteiger partial charge is 0.346 e. The van der Waals surface area contributed by atoms with Gasteiger partial charge in [0.2, 0.25) is 0 Å². The third kappa shape index (κ3) is 2.09. The van der Waals surface area contributed by atoms with E-state index in [0.29, 0.717) is 6.42 Å². The molecule has 1 aliphatic heterocycles. The quantitative estimate of drug-likeness (QED) is 0.641. The lowest BCUT2D eigenvalue weighted by atomic mass is 10.00. The topological polar surface area (TPSA) is 74.7 Å². The summed E-state index contributed by atoms with van der Waals surface area (Å²) in [5.74, 6) is -0.338. The molecule has 1 fully saturated rings. The summed E-state index contributed by atoms with van der Waals surface area (Å²) < 4.78 is 0. The fourth-order valence-electron chi connectivity index (χ4n) is 1.59. The van der Waals surface area contributed by atoms with Crippen LogP contribution >= 0.6 is 0 Å². The lowest BCUT2D eigenvalue weighted by Gasteiger charge is -2.17. The molecule has 0 spiro atoms. The summed E-state index contributed by atoms with van der Waals surface area (Å²) in [6.45, 7) is 3.53. The molecule has 3 amide bonds. The molecule has 6 nitrogen and oxygen atoms in total. The van der Waals surface area contributed by atoms with Crippen LogP contribution in [-0.4, -0.2) is 33.7 Å². The second-order valence-corrected chi connectivity index (χ2v) is 4.26. The molecule has 6 heteroatoms. The monoisotopic (exact) mass is 246 g/mol. The van der Waals surface area contributed by atoms with Crippen molar-refractivity contribution in [1.29, 1.82) is 0 Å². The first-order valence-electron chi connectivity index (χ1n) is 5.67. The van der Waals surface area contributed by atoms with Crippen molar-refractivity contribution in [2.24, 2.45) is 5.10 Å². The van der Waals surface area contributed by atoms with Gasteiger partial charge in [-0.1, -0.05) is 13.0 Å². The molecule has 1 aromatic heterocycles. The Bertz CT molecular complexity index is 500. The summed E-state index contributed by atoms with van der Waals surface area (Å²) in [5, 5.41) is 7.39. The maximum atomic E-state index is 12.0. The van der Waals surface area contributed by atoms with Gasteiger partial charge >= 0.3 is 6.03 Å². The fraction of sp³-hybridized carbons (Fsp3) is 0.333. The van der Waals surface area contributed by atoms with E-state index in [9.17, 15) is 9.59 Å². The van der Waals surface area contributed by atoms with E-state index >= 15 is 0 Å². The molecule has 18 heavy (non-hydrogen) atoms. The molecule has 1 aromatic rings. The summed E-state index contributed by atoms with van der Waals surface area (Å²) >= 11 is 0. The normalized spacial score (nSPS) is 23.8. The smallest absolute Gasteiger partial charge is 0.322 e. The minimum absolute atomic E-state index is 0.338. The zero-order chi connectivity index (χ0) is 13.2. The summed E-state index contributed by atoms with van der Waals surface area (Å²) in [6, 6.07) is 3.04. The number of aromatic nitrogens is 1. The second kappa shape index (κ2) is 4.56. The highest BCUT2D eigenvalue weighted by Gasteiger charge is 2.46. The summed E-state index contributed by atoms with van der Waals surface area (Å²) in [7, 11) is 0. The van der Waals surface area contributed by atoms with Crippen LogP contribution in [-0.2, 0) is 4.79 Å². The SMILES string of the molecule is CCC1(C)NC(=O)N(N=Cc2cccnc2)C1=O. The molecule has 2 rings (SSSR count). The molecular weight excluding hydrogens is 232 g/mol. The maximum absolute atomic E-state index is 12.0. The van der Waals surface area contributed by atoms with Crippen molar-refractivity contribution in [3.05, 3.63) is 30.1 Å². The Labute approximate surface area is 105 Å². The van der Waals surface area contributed by atoms with Crippen LogP contribution in [0.1, 0.15) is 25.8 Å². The van der Waals surface area contributed by atoms with Gasteiger partial charge < -0.3 is 5.32 Å². The van der Waals surface area contributed by atoms with Crippen LogP contribution in [0.3, 0.4) is 0 Å². The average Bonchev–Trinajstić information content (AvgIpc) is 2.60. The molecule has 0 aromatic carbocycles. The summed E-state index contributed by atoms with van der Waals surface area (Å²) in [4.78, 5) is 27.6. The molecule has 1 N–H and O–H groups in total. The zero-order valence-electron chi connectivity index (χ0n) is 10.3. The van der Waals surface area contributed by atoms with E-state index in [2.05, 4.69) is 15.4 Å². The van der Waals surface area contributed by atoms with E-state index in [0.717, 1.165) is 10.6 Å². The number of carbonyl (C=O) groups is 2. The predicted octanol–water partition coefficient (Wildman–Crippen LogP) is 1.14. The highest BCUT2D eigenvalue weighted by molar-refractivity contribution is 6.07. The highest BCUT2D eigenvalue weighted by Crippen LogP contribution is 2.20. The number of hydrogen-bond donors (Lipinski definition) is 1. The Morgan fingerprint density at radius 3 is 2.89 bits per heavy atom. The van der Waals surface area contributed by atoms with Gasteiger partial charge in [-0.3, -0.25) is 9.78 Å². The van der Waals surface area contributed by atoms with Gasteiger partial charge in [-0.25, -0.2) is 4.79 Å². The lowest BCUT2D eigenvalue weighted by molar-refractivity contribution is -0.130. The van der Waals surface area contributed by atoms with Crippen molar-refractivity contribution in [3.63, 3.8) is 0 Å². The lowest BCUT2D eigenvalue weighted by Crippen LogP contribution is -2.42. The predicted molar refractivity (Wildman–Crippen MR) is 65.9 cm³/mol. The van der Waals surface area contributed by atoms with Crippen LogP contribution in [0.2, 0.25) is 0 Å². The average molecular weight is 246 g/mol. The Hall–Kier alpha value is -2.24. The van der Waals surface area contributed by atoms with E-state index in [-0.39, 0.29) is 5.91 Å². The van der Waals surface area contributed by atoms with Crippen LogP contribution < -0.4 is 5.32 Å². The van der Waals surface area contributed by atoms with Crippen molar-refractivity contribution in [2.45, 2.75) is 25.8 Å². The molecule has 2 heterocycles. The number of nitrogens with one attached hydrogen (secondary N) is 1. The van der Waals surface area contributed by atoms with Crippen LogP contribution in [0.15, 0.2) is 29.6 Å². The van der Waals surface area contributed by atoms with E-state index < -0.39 is 11.6 Å². The van der Waals surface area contributed by atoms with E-state index in [1.807, 2.05) is 6.92 Å². The Morgan fingerprint density at radius 1 is 1.56 bits per heavy atom. The van der Waals surface area contributed by atoms with E-state index in [1.165, 1.54) is 6.21 Å². The minimum atomic E-state index is -0.858. The molecule has 0 bridgehead atoms. The molecule has 1 aliphatic rings. The Morgan fingerprint density at radius 2 is 2.33 bits per heavy atom. The molecule has 0 radical (unpaired) electrons. The molecule has 1 saturated heterocycles. The van der Waals surface area contributed by atoms with Gasteiger partial charge in [0, 0.05) is 18.0 Å².